The fraction of sp³-hybridized carbons (Fsp3) is 0.667. The Morgan fingerprint density at radius 1 is 1.04 bits per heavy atom. The summed E-state index contributed by atoms with van der Waals surface area (Å²) in [7, 11) is -1.60. The molecule has 23 heavy (non-hydrogen) atoms. The lowest BCUT2D eigenvalue weighted by atomic mass is 10.2. The van der Waals surface area contributed by atoms with E-state index in [1.54, 1.807) is 0 Å². The highest BCUT2D eigenvalue weighted by atomic mass is 127. The first-order valence-corrected chi connectivity index (χ1v) is 12.5. The zero-order valence-corrected chi connectivity index (χ0v) is 18.4. The van der Waals surface area contributed by atoms with Gasteiger partial charge in [-0.25, -0.2) is 0 Å². The standard InChI is InChI=1S/C18H31IN2OSi/c1-18(2,3)23(4,5)22-15-14-20-10-12-21(13-11-20)17-8-6-16(19)7-9-17/h6-9H,10-15H2,1-5H3. The maximum Gasteiger partial charge on any atom is 0.192 e. The van der Waals surface area contributed by atoms with Crippen LogP contribution in [0.1, 0.15) is 20.8 Å². The van der Waals surface area contributed by atoms with Crippen molar-refractivity contribution in [1.29, 1.82) is 0 Å². The molecule has 5 heteroatoms. The van der Waals surface area contributed by atoms with E-state index >= 15 is 0 Å². The summed E-state index contributed by atoms with van der Waals surface area (Å²) in [5, 5.41) is 0.302. The molecule has 0 aromatic heterocycles. The summed E-state index contributed by atoms with van der Waals surface area (Å²) in [6.45, 7) is 18.0. The average molecular weight is 446 g/mol. The van der Waals surface area contributed by atoms with Gasteiger partial charge in [0.05, 0.1) is 0 Å². The van der Waals surface area contributed by atoms with Gasteiger partial charge in [0.2, 0.25) is 0 Å². The molecular formula is C18H31IN2OSi. The number of rotatable bonds is 5. The van der Waals surface area contributed by atoms with Crippen molar-refractivity contribution in [3.63, 3.8) is 0 Å². The van der Waals surface area contributed by atoms with Crippen molar-refractivity contribution in [2.24, 2.45) is 0 Å². The van der Waals surface area contributed by atoms with E-state index in [0.717, 1.165) is 39.3 Å². The van der Waals surface area contributed by atoms with Crippen LogP contribution in [0.2, 0.25) is 18.1 Å². The van der Waals surface area contributed by atoms with E-state index in [1.165, 1.54) is 9.26 Å². The average Bonchev–Trinajstić information content (AvgIpc) is 2.47. The van der Waals surface area contributed by atoms with Gasteiger partial charge in [-0.05, 0) is 65.0 Å². The topological polar surface area (TPSA) is 15.7 Å². The van der Waals surface area contributed by atoms with Gasteiger partial charge in [-0.15, -0.1) is 0 Å². The van der Waals surface area contributed by atoms with Crippen LogP contribution in [0.3, 0.4) is 0 Å². The Morgan fingerprint density at radius 3 is 2.13 bits per heavy atom. The molecule has 0 aliphatic carbocycles. The minimum Gasteiger partial charge on any atom is -0.416 e. The number of hydrogen-bond acceptors (Lipinski definition) is 3. The van der Waals surface area contributed by atoms with Gasteiger partial charge in [0.15, 0.2) is 8.32 Å². The summed E-state index contributed by atoms with van der Waals surface area (Å²) in [5.74, 6) is 0. The molecule has 1 aliphatic heterocycles. The van der Waals surface area contributed by atoms with Gasteiger partial charge in [0.1, 0.15) is 0 Å². The summed E-state index contributed by atoms with van der Waals surface area (Å²) in [4.78, 5) is 5.03. The minimum absolute atomic E-state index is 0.302. The van der Waals surface area contributed by atoms with Crippen molar-refractivity contribution in [1.82, 2.24) is 4.90 Å². The SMILES string of the molecule is CC(C)(C)[Si](C)(C)OCCN1CCN(c2ccc(I)cc2)CC1. The third-order valence-corrected chi connectivity index (χ3v) is 10.5. The molecule has 0 amide bonds. The molecule has 1 aromatic rings. The maximum absolute atomic E-state index is 6.30. The molecule has 0 saturated carbocycles. The van der Waals surface area contributed by atoms with Crippen LogP contribution in [-0.2, 0) is 4.43 Å². The van der Waals surface area contributed by atoms with Gasteiger partial charge >= 0.3 is 0 Å². The van der Waals surface area contributed by atoms with E-state index < -0.39 is 8.32 Å². The van der Waals surface area contributed by atoms with Crippen LogP contribution < -0.4 is 4.90 Å². The quantitative estimate of drug-likeness (QED) is 0.492. The van der Waals surface area contributed by atoms with Gasteiger partial charge in [-0.2, -0.15) is 0 Å². The predicted molar refractivity (Wildman–Crippen MR) is 111 cm³/mol. The predicted octanol–water partition coefficient (Wildman–Crippen LogP) is 4.44. The number of piperazine rings is 1. The van der Waals surface area contributed by atoms with Crippen molar-refractivity contribution in [2.75, 3.05) is 44.2 Å². The van der Waals surface area contributed by atoms with Crippen LogP contribution in [0.5, 0.6) is 0 Å². The highest BCUT2D eigenvalue weighted by Gasteiger charge is 2.37. The van der Waals surface area contributed by atoms with E-state index in [9.17, 15) is 0 Å². The van der Waals surface area contributed by atoms with Crippen LogP contribution in [0.4, 0.5) is 5.69 Å². The Morgan fingerprint density at radius 2 is 1.61 bits per heavy atom. The smallest absolute Gasteiger partial charge is 0.192 e. The highest BCUT2D eigenvalue weighted by Crippen LogP contribution is 2.36. The van der Waals surface area contributed by atoms with Crippen LogP contribution in [0.25, 0.3) is 0 Å². The molecule has 2 rings (SSSR count). The number of anilines is 1. The Hall–Kier alpha value is -0.113. The minimum atomic E-state index is -1.60. The van der Waals surface area contributed by atoms with Crippen molar-refractivity contribution >= 4 is 36.6 Å². The lowest BCUT2D eigenvalue weighted by molar-refractivity contribution is 0.191. The third-order valence-electron chi connectivity index (χ3n) is 5.24. The van der Waals surface area contributed by atoms with Gasteiger partial charge in [0, 0.05) is 48.6 Å². The molecule has 1 heterocycles. The lowest BCUT2D eigenvalue weighted by Gasteiger charge is -2.39. The first-order chi connectivity index (χ1) is 10.7. The molecule has 1 aliphatic rings. The number of benzene rings is 1. The molecule has 0 radical (unpaired) electrons. The molecule has 1 aromatic carbocycles. The normalized spacial score (nSPS) is 17.6. The van der Waals surface area contributed by atoms with Gasteiger partial charge in [0.25, 0.3) is 0 Å². The lowest BCUT2D eigenvalue weighted by Crippen LogP contribution is -2.48. The Bertz CT molecular complexity index is 491. The molecule has 0 bridgehead atoms. The number of nitrogens with zero attached hydrogens (tertiary/aromatic N) is 2. The van der Waals surface area contributed by atoms with Crippen molar-refractivity contribution in [3.05, 3.63) is 27.8 Å². The monoisotopic (exact) mass is 446 g/mol. The summed E-state index contributed by atoms with van der Waals surface area (Å²) in [5.41, 5.74) is 1.35. The van der Waals surface area contributed by atoms with Crippen LogP contribution >= 0.6 is 22.6 Å². The molecule has 0 spiro atoms. The van der Waals surface area contributed by atoms with Gasteiger partial charge < -0.3 is 9.33 Å². The Kier molecular flexibility index (Phi) is 6.55. The first-order valence-electron chi connectivity index (χ1n) is 8.56. The number of hydrogen-bond donors (Lipinski definition) is 0. The van der Waals surface area contributed by atoms with Crippen molar-refractivity contribution < 1.29 is 4.43 Å². The second-order valence-electron chi connectivity index (χ2n) is 7.91. The molecule has 3 nitrogen and oxygen atoms in total. The molecule has 1 fully saturated rings. The van der Waals surface area contributed by atoms with Crippen LogP contribution in [-0.4, -0.2) is 52.5 Å². The Balaban J connectivity index is 1.74. The second kappa shape index (κ2) is 7.85. The fourth-order valence-electron chi connectivity index (χ4n) is 2.53. The summed E-state index contributed by atoms with van der Waals surface area (Å²) in [6.07, 6.45) is 0. The van der Waals surface area contributed by atoms with E-state index in [4.69, 9.17) is 4.43 Å². The third kappa shape index (κ3) is 5.44. The van der Waals surface area contributed by atoms with E-state index in [2.05, 4.69) is 90.5 Å². The van der Waals surface area contributed by atoms with E-state index in [0.29, 0.717) is 5.04 Å². The van der Waals surface area contributed by atoms with Crippen molar-refractivity contribution in [2.45, 2.75) is 38.9 Å². The number of halogens is 1. The van der Waals surface area contributed by atoms with Crippen LogP contribution in [0, 0.1) is 3.57 Å². The van der Waals surface area contributed by atoms with Gasteiger partial charge in [-0.3, -0.25) is 4.90 Å². The molecule has 0 atom stereocenters. The molecule has 0 unspecified atom stereocenters. The highest BCUT2D eigenvalue weighted by molar-refractivity contribution is 14.1. The van der Waals surface area contributed by atoms with E-state index in [1.807, 2.05) is 0 Å². The van der Waals surface area contributed by atoms with Crippen LogP contribution in [0.15, 0.2) is 24.3 Å². The summed E-state index contributed by atoms with van der Waals surface area (Å²) < 4.78 is 7.60. The largest absolute Gasteiger partial charge is 0.416 e. The van der Waals surface area contributed by atoms with E-state index in [-0.39, 0.29) is 0 Å². The molecule has 130 valence electrons. The maximum atomic E-state index is 6.30. The van der Waals surface area contributed by atoms with Gasteiger partial charge in [-0.1, -0.05) is 20.8 Å². The Labute approximate surface area is 156 Å². The zero-order chi connectivity index (χ0) is 17.1. The molecule has 0 N–H and O–H groups in total. The van der Waals surface area contributed by atoms with Crippen molar-refractivity contribution in [3.8, 4) is 0 Å². The zero-order valence-electron chi connectivity index (χ0n) is 15.2. The first kappa shape index (κ1) is 19.2. The molecule has 1 saturated heterocycles. The summed E-state index contributed by atoms with van der Waals surface area (Å²) in [6, 6.07) is 8.85. The summed E-state index contributed by atoms with van der Waals surface area (Å²) >= 11 is 2.36. The molecular weight excluding hydrogens is 415 g/mol. The second-order valence-corrected chi connectivity index (χ2v) is 14.0. The fourth-order valence-corrected chi connectivity index (χ4v) is 3.92.